The van der Waals surface area contributed by atoms with Gasteiger partial charge in [0.05, 0.1) is 0 Å². The first-order chi connectivity index (χ1) is 6.79. The third-order valence-electron chi connectivity index (χ3n) is 1.89. The predicted octanol–water partition coefficient (Wildman–Crippen LogP) is 3.45. The molecule has 0 rings (SSSR count). The van der Waals surface area contributed by atoms with Crippen molar-refractivity contribution >= 4 is 15.9 Å². The van der Waals surface area contributed by atoms with Crippen LogP contribution in [0.3, 0.4) is 0 Å². The largest absolute Gasteiger partial charge is 0.404 e. The Morgan fingerprint density at radius 2 is 1.67 bits per heavy atom. The van der Waals surface area contributed by atoms with E-state index in [1.807, 2.05) is 6.92 Å². The van der Waals surface area contributed by atoms with Crippen molar-refractivity contribution in [3.63, 3.8) is 0 Å². The zero-order valence-electron chi connectivity index (χ0n) is 10.6. The van der Waals surface area contributed by atoms with Crippen molar-refractivity contribution in [1.82, 2.24) is 0 Å². The number of hydrogen-bond acceptors (Lipinski definition) is 4. The first kappa shape index (κ1) is 15.3. The minimum atomic E-state index is -3.09. The van der Waals surface area contributed by atoms with E-state index in [9.17, 15) is 4.57 Å². The predicted molar refractivity (Wildman–Crippen MR) is 64.8 cm³/mol. The second-order valence-corrected chi connectivity index (χ2v) is 11.2. The molecule has 15 heavy (non-hydrogen) atoms. The lowest BCUT2D eigenvalue weighted by molar-refractivity contribution is 0.178. The average Bonchev–Trinajstić information content (AvgIpc) is 2.14. The van der Waals surface area contributed by atoms with Crippen molar-refractivity contribution < 1.29 is 18.0 Å². The lowest BCUT2D eigenvalue weighted by Crippen LogP contribution is -2.32. The molecule has 0 heterocycles. The van der Waals surface area contributed by atoms with Crippen molar-refractivity contribution in [2.75, 3.05) is 14.2 Å². The summed E-state index contributed by atoms with van der Waals surface area (Å²) in [6, 6.07) is 0. The summed E-state index contributed by atoms with van der Waals surface area (Å²) in [6.07, 6.45) is 1.59. The Balaban J connectivity index is 4.71. The van der Waals surface area contributed by atoms with Gasteiger partial charge in [0, 0.05) is 14.2 Å². The van der Waals surface area contributed by atoms with Crippen LogP contribution in [0.2, 0.25) is 19.6 Å². The Bertz CT molecular complexity index is 219. The Morgan fingerprint density at radius 3 is 1.93 bits per heavy atom. The second-order valence-electron chi connectivity index (χ2n) is 4.38. The normalized spacial score (nSPS) is 15.3. The summed E-state index contributed by atoms with van der Waals surface area (Å²) >= 11 is 0. The van der Waals surface area contributed by atoms with Crippen LogP contribution in [0.15, 0.2) is 0 Å². The monoisotopic (exact) mass is 254 g/mol. The molecule has 1 unspecified atom stereocenters. The van der Waals surface area contributed by atoms with E-state index in [4.69, 9.17) is 13.5 Å². The molecule has 0 spiro atoms. The fourth-order valence-electron chi connectivity index (χ4n) is 1.25. The molecule has 4 nitrogen and oxygen atoms in total. The molecule has 6 heteroatoms. The van der Waals surface area contributed by atoms with Gasteiger partial charge in [0.25, 0.3) is 0 Å². The highest BCUT2D eigenvalue weighted by molar-refractivity contribution is 7.54. The molecule has 0 saturated heterocycles. The maximum atomic E-state index is 12.2. The van der Waals surface area contributed by atoms with Crippen LogP contribution in [0.1, 0.15) is 19.8 Å². The molecule has 0 aliphatic heterocycles. The summed E-state index contributed by atoms with van der Waals surface area (Å²) in [5.74, 6) is -0.427. The van der Waals surface area contributed by atoms with Crippen LogP contribution in [-0.4, -0.2) is 28.4 Å². The van der Waals surface area contributed by atoms with Crippen LogP contribution in [-0.2, 0) is 18.0 Å². The van der Waals surface area contributed by atoms with Crippen LogP contribution in [0.5, 0.6) is 0 Å². The van der Waals surface area contributed by atoms with Gasteiger partial charge in [-0.25, -0.2) is 0 Å². The Labute approximate surface area is 94.0 Å². The van der Waals surface area contributed by atoms with Crippen molar-refractivity contribution in [2.45, 2.75) is 45.3 Å². The first-order valence-electron chi connectivity index (χ1n) is 5.18. The summed E-state index contributed by atoms with van der Waals surface area (Å²) in [6.45, 7) is 8.21. The van der Waals surface area contributed by atoms with Crippen LogP contribution >= 0.6 is 7.60 Å². The van der Waals surface area contributed by atoms with Crippen LogP contribution < -0.4 is 0 Å². The van der Waals surface area contributed by atoms with Gasteiger partial charge in [-0.2, -0.15) is 0 Å². The highest BCUT2D eigenvalue weighted by atomic mass is 31.2. The highest BCUT2D eigenvalue weighted by Crippen LogP contribution is 2.54. The Hall–Kier alpha value is 0.327. The number of rotatable bonds is 7. The molecule has 0 aliphatic carbocycles. The molecular weight excluding hydrogens is 231 g/mol. The van der Waals surface area contributed by atoms with E-state index >= 15 is 0 Å². The lowest BCUT2D eigenvalue weighted by Gasteiger charge is -2.30. The minimum Gasteiger partial charge on any atom is -0.404 e. The topological polar surface area (TPSA) is 44.8 Å². The molecule has 1 atom stereocenters. The van der Waals surface area contributed by atoms with Gasteiger partial charge in [-0.1, -0.05) is 13.3 Å². The van der Waals surface area contributed by atoms with Crippen molar-refractivity contribution in [2.24, 2.45) is 0 Å². The van der Waals surface area contributed by atoms with Gasteiger partial charge in [0.1, 0.15) is 5.85 Å². The third kappa shape index (κ3) is 5.27. The SMILES string of the molecule is CCCC(O[Si](C)(C)C)P(=O)(OC)OC. The molecule has 92 valence electrons. The fraction of sp³-hybridized carbons (Fsp3) is 1.00. The standard InChI is InChI=1S/C9H23O4PSi/c1-7-8-9(13-15(4,5)6)14(10,11-2)12-3/h9H,7-8H2,1-6H3. The molecule has 0 N–H and O–H groups in total. The summed E-state index contributed by atoms with van der Waals surface area (Å²) < 4.78 is 28.0. The van der Waals surface area contributed by atoms with Crippen molar-refractivity contribution in [1.29, 1.82) is 0 Å². The molecule has 0 aromatic carbocycles. The van der Waals surface area contributed by atoms with Gasteiger partial charge >= 0.3 is 7.60 Å². The Kier molecular flexibility index (Phi) is 6.29. The average molecular weight is 254 g/mol. The first-order valence-corrected chi connectivity index (χ1v) is 10.2. The molecule has 0 aromatic rings. The van der Waals surface area contributed by atoms with E-state index in [2.05, 4.69) is 19.6 Å². The summed E-state index contributed by atoms with van der Waals surface area (Å²) in [5, 5.41) is 0. The molecule has 0 bridgehead atoms. The Morgan fingerprint density at radius 1 is 1.20 bits per heavy atom. The van der Waals surface area contributed by atoms with Crippen molar-refractivity contribution in [3.8, 4) is 0 Å². The van der Waals surface area contributed by atoms with Gasteiger partial charge in [0.15, 0.2) is 8.32 Å². The zero-order chi connectivity index (χ0) is 12.1. The molecule has 0 aliphatic rings. The smallest absolute Gasteiger partial charge is 0.357 e. The third-order valence-corrected chi connectivity index (χ3v) is 5.16. The molecule has 0 amide bonds. The van der Waals surface area contributed by atoms with Crippen LogP contribution in [0, 0.1) is 0 Å². The molecule has 0 aromatic heterocycles. The summed E-state index contributed by atoms with van der Waals surface area (Å²) in [4.78, 5) is 0. The zero-order valence-corrected chi connectivity index (χ0v) is 12.5. The quantitative estimate of drug-likeness (QED) is 0.515. The van der Waals surface area contributed by atoms with Crippen LogP contribution in [0.4, 0.5) is 0 Å². The summed E-state index contributed by atoms with van der Waals surface area (Å²) in [5.41, 5.74) is 0. The molecule has 0 fully saturated rings. The molecular formula is C9H23O4PSi. The van der Waals surface area contributed by atoms with E-state index < -0.39 is 21.8 Å². The lowest BCUT2D eigenvalue weighted by atomic mass is 10.4. The maximum absolute atomic E-state index is 12.2. The van der Waals surface area contributed by atoms with Gasteiger partial charge in [-0.3, -0.25) is 4.57 Å². The molecule has 0 saturated carbocycles. The van der Waals surface area contributed by atoms with Crippen LogP contribution in [0.25, 0.3) is 0 Å². The van der Waals surface area contributed by atoms with Gasteiger partial charge in [-0.15, -0.1) is 0 Å². The van der Waals surface area contributed by atoms with Gasteiger partial charge in [0.2, 0.25) is 0 Å². The summed E-state index contributed by atoms with van der Waals surface area (Å²) in [7, 11) is -2.02. The minimum absolute atomic E-state index is 0.427. The van der Waals surface area contributed by atoms with E-state index in [1.54, 1.807) is 0 Å². The second kappa shape index (κ2) is 6.16. The van der Waals surface area contributed by atoms with E-state index in [1.165, 1.54) is 14.2 Å². The van der Waals surface area contributed by atoms with Crippen molar-refractivity contribution in [3.05, 3.63) is 0 Å². The maximum Gasteiger partial charge on any atom is 0.357 e. The van der Waals surface area contributed by atoms with E-state index in [-0.39, 0.29) is 0 Å². The van der Waals surface area contributed by atoms with E-state index in [0.29, 0.717) is 6.42 Å². The highest BCUT2D eigenvalue weighted by Gasteiger charge is 2.37. The number of hydrogen-bond donors (Lipinski definition) is 0. The van der Waals surface area contributed by atoms with Gasteiger partial charge in [-0.05, 0) is 26.1 Å². The fourth-order valence-corrected chi connectivity index (χ4v) is 4.84. The molecule has 0 radical (unpaired) electrons. The van der Waals surface area contributed by atoms with Gasteiger partial charge < -0.3 is 13.5 Å². The van der Waals surface area contributed by atoms with E-state index in [0.717, 1.165) is 6.42 Å².